The quantitative estimate of drug-likeness (QED) is 0.883. The minimum Gasteiger partial charge on any atom is -0.497 e. The van der Waals surface area contributed by atoms with Gasteiger partial charge < -0.3 is 9.47 Å². The lowest BCUT2D eigenvalue weighted by Gasteiger charge is -2.39. The van der Waals surface area contributed by atoms with Gasteiger partial charge in [0.2, 0.25) is 10.0 Å². The van der Waals surface area contributed by atoms with Gasteiger partial charge in [-0.3, -0.25) is 0 Å². The van der Waals surface area contributed by atoms with Crippen molar-refractivity contribution in [3.63, 3.8) is 0 Å². The Labute approximate surface area is 144 Å². The summed E-state index contributed by atoms with van der Waals surface area (Å²) in [6.07, 6.45) is 3.15. The van der Waals surface area contributed by atoms with Crippen LogP contribution in [0.25, 0.3) is 0 Å². The molecule has 1 N–H and O–H groups in total. The van der Waals surface area contributed by atoms with Crippen molar-refractivity contribution in [2.75, 3.05) is 14.2 Å². The summed E-state index contributed by atoms with van der Waals surface area (Å²) in [5.41, 5.74) is 0.134. The van der Waals surface area contributed by atoms with E-state index in [-0.39, 0.29) is 21.8 Å². The standard InChI is InChI=1S/C18H27NO4S/c1-17(2)12-8-9-18(17,3)16(10-12)19-24(20,21)15-11-13(22-4)6-7-14(15)23-5/h6-7,11-12,16,19H,8-10H2,1-5H3. The number of fused-ring (bicyclic) bond motifs is 2. The molecule has 2 saturated carbocycles. The van der Waals surface area contributed by atoms with E-state index in [1.54, 1.807) is 12.1 Å². The second kappa shape index (κ2) is 5.63. The molecule has 5 nitrogen and oxygen atoms in total. The predicted octanol–water partition coefficient (Wildman–Crippen LogP) is 3.20. The van der Waals surface area contributed by atoms with Crippen molar-refractivity contribution in [3.8, 4) is 11.5 Å². The van der Waals surface area contributed by atoms with E-state index in [1.165, 1.54) is 26.7 Å². The average molecular weight is 353 g/mol. The molecule has 1 aromatic rings. The number of rotatable bonds is 5. The maximum Gasteiger partial charge on any atom is 0.244 e. The number of benzene rings is 1. The molecule has 3 rings (SSSR count). The van der Waals surface area contributed by atoms with Crippen LogP contribution in [0.3, 0.4) is 0 Å². The third-order valence-corrected chi connectivity index (χ3v) is 8.24. The molecule has 0 aromatic heterocycles. The van der Waals surface area contributed by atoms with Crippen LogP contribution in [0.5, 0.6) is 11.5 Å². The molecule has 134 valence electrons. The fourth-order valence-electron chi connectivity index (χ4n) is 4.63. The van der Waals surface area contributed by atoms with E-state index in [0.29, 0.717) is 17.4 Å². The summed E-state index contributed by atoms with van der Waals surface area (Å²) in [5, 5.41) is 0. The molecule has 2 aliphatic rings. The van der Waals surface area contributed by atoms with Crippen LogP contribution in [0.4, 0.5) is 0 Å². The molecule has 0 heterocycles. The maximum atomic E-state index is 13.0. The molecular formula is C18H27NO4S. The van der Waals surface area contributed by atoms with E-state index in [9.17, 15) is 8.42 Å². The highest BCUT2D eigenvalue weighted by Crippen LogP contribution is 2.65. The van der Waals surface area contributed by atoms with Crippen molar-refractivity contribution in [1.82, 2.24) is 4.72 Å². The van der Waals surface area contributed by atoms with E-state index >= 15 is 0 Å². The molecule has 0 radical (unpaired) electrons. The van der Waals surface area contributed by atoms with E-state index < -0.39 is 10.0 Å². The lowest BCUT2D eigenvalue weighted by molar-refractivity contribution is 0.130. The van der Waals surface area contributed by atoms with Gasteiger partial charge in [-0.1, -0.05) is 20.8 Å². The second-order valence-electron chi connectivity index (χ2n) is 7.80. The largest absolute Gasteiger partial charge is 0.497 e. The molecule has 2 fully saturated rings. The van der Waals surface area contributed by atoms with Gasteiger partial charge in [-0.25, -0.2) is 13.1 Å². The molecule has 0 amide bonds. The van der Waals surface area contributed by atoms with Gasteiger partial charge in [0.25, 0.3) is 0 Å². The van der Waals surface area contributed by atoms with Crippen molar-refractivity contribution < 1.29 is 17.9 Å². The smallest absolute Gasteiger partial charge is 0.244 e. The third-order valence-electron chi connectivity index (χ3n) is 6.75. The van der Waals surface area contributed by atoms with E-state index in [2.05, 4.69) is 25.5 Å². The zero-order valence-corrected chi connectivity index (χ0v) is 15.9. The Balaban J connectivity index is 1.94. The highest BCUT2D eigenvalue weighted by Gasteiger charge is 2.62. The van der Waals surface area contributed by atoms with Gasteiger partial charge in [0.05, 0.1) is 14.2 Å². The number of nitrogens with one attached hydrogen (secondary N) is 1. The zero-order chi connectivity index (χ0) is 17.8. The highest BCUT2D eigenvalue weighted by molar-refractivity contribution is 7.89. The molecule has 2 bridgehead atoms. The van der Waals surface area contributed by atoms with Gasteiger partial charge in [0.1, 0.15) is 16.4 Å². The van der Waals surface area contributed by atoms with Crippen molar-refractivity contribution in [3.05, 3.63) is 18.2 Å². The normalized spacial score (nSPS) is 31.2. The first kappa shape index (κ1) is 17.5. The van der Waals surface area contributed by atoms with Crippen molar-refractivity contribution >= 4 is 10.0 Å². The number of ether oxygens (including phenoxy) is 2. The van der Waals surface area contributed by atoms with Crippen molar-refractivity contribution in [2.24, 2.45) is 16.7 Å². The number of sulfonamides is 1. The molecular weight excluding hydrogens is 326 g/mol. The minimum absolute atomic E-state index is 0.0170. The van der Waals surface area contributed by atoms with Crippen LogP contribution in [-0.2, 0) is 10.0 Å². The van der Waals surface area contributed by atoms with Crippen LogP contribution in [0, 0.1) is 16.7 Å². The van der Waals surface area contributed by atoms with Crippen molar-refractivity contribution in [2.45, 2.75) is 51.0 Å². The summed E-state index contributed by atoms with van der Waals surface area (Å²) in [5.74, 6) is 1.40. The molecule has 0 aliphatic heterocycles. The monoisotopic (exact) mass is 353 g/mol. The Hall–Kier alpha value is -1.27. The molecule has 0 saturated heterocycles. The summed E-state index contributed by atoms with van der Waals surface area (Å²) in [6, 6.07) is 4.79. The average Bonchev–Trinajstić information content (AvgIpc) is 2.87. The fraction of sp³-hybridized carbons (Fsp3) is 0.667. The van der Waals surface area contributed by atoms with E-state index in [1.807, 2.05) is 0 Å². The van der Waals surface area contributed by atoms with Crippen LogP contribution in [0.15, 0.2) is 23.1 Å². The molecule has 1 aromatic carbocycles. The van der Waals surface area contributed by atoms with E-state index in [0.717, 1.165) is 12.8 Å². The maximum absolute atomic E-state index is 13.0. The predicted molar refractivity (Wildman–Crippen MR) is 92.9 cm³/mol. The first-order chi connectivity index (χ1) is 11.2. The van der Waals surface area contributed by atoms with Crippen LogP contribution in [0.2, 0.25) is 0 Å². The first-order valence-electron chi connectivity index (χ1n) is 8.40. The van der Waals surface area contributed by atoms with Gasteiger partial charge in [-0.05, 0) is 48.1 Å². The summed E-state index contributed by atoms with van der Waals surface area (Å²) in [6.45, 7) is 6.76. The molecule has 0 spiro atoms. The fourth-order valence-corrected chi connectivity index (χ4v) is 6.17. The minimum atomic E-state index is -3.68. The molecule has 3 unspecified atom stereocenters. The first-order valence-corrected chi connectivity index (χ1v) is 9.88. The number of hydrogen-bond donors (Lipinski definition) is 1. The topological polar surface area (TPSA) is 64.6 Å². The summed E-state index contributed by atoms with van der Waals surface area (Å²) < 4.78 is 39.4. The third kappa shape index (κ3) is 2.42. The number of hydrogen-bond acceptors (Lipinski definition) is 4. The van der Waals surface area contributed by atoms with Crippen molar-refractivity contribution in [1.29, 1.82) is 0 Å². The number of methoxy groups -OCH3 is 2. The van der Waals surface area contributed by atoms with E-state index in [4.69, 9.17) is 9.47 Å². The lowest BCUT2D eigenvalue weighted by Crippen LogP contribution is -2.46. The van der Waals surface area contributed by atoms with Gasteiger partial charge in [-0.15, -0.1) is 0 Å². The van der Waals surface area contributed by atoms with Gasteiger partial charge in [0, 0.05) is 12.1 Å². The van der Waals surface area contributed by atoms with Crippen LogP contribution >= 0.6 is 0 Å². The molecule has 6 heteroatoms. The molecule has 3 atom stereocenters. The van der Waals surface area contributed by atoms with Crippen LogP contribution < -0.4 is 14.2 Å². The Morgan fingerprint density at radius 1 is 1.17 bits per heavy atom. The summed E-state index contributed by atoms with van der Waals surface area (Å²) in [4.78, 5) is 0.133. The SMILES string of the molecule is COc1ccc(OC)c(S(=O)(=O)NC2CC3CCC2(C)C3(C)C)c1. The van der Waals surface area contributed by atoms with Crippen LogP contribution in [0.1, 0.15) is 40.0 Å². The van der Waals surface area contributed by atoms with Gasteiger partial charge in [0.15, 0.2) is 0 Å². The van der Waals surface area contributed by atoms with Gasteiger partial charge in [-0.2, -0.15) is 0 Å². The molecule has 2 aliphatic carbocycles. The lowest BCUT2D eigenvalue weighted by atomic mass is 9.69. The van der Waals surface area contributed by atoms with Crippen LogP contribution in [-0.4, -0.2) is 28.7 Å². The Kier molecular flexibility index (Phi) is 4.12. The zero-order valence-electron chi connectivity index (χ0n) is 15.0. The Morgan fingerprint density at radius 2 is 1.88 bits per heavy atom. The second-order valence-corrected chi connectivity index (χ2v) is 9.48. The summed E-state index contributed by atoms with van der Waals surface area (Å²) in [7, 11) is -0.691. The Bertz CT molecular complexity index is 743. The molecule has 24 heavy (non-hydrogen) atoms. The highest BCUT2D eigenvalue weighted by atomic mass is 32.2. The van der Waals surface area contributed by atoms with Gasteiger partial charge >= 0.3 is 0 Å². The Morgan fingerprint density at radius 3 is 2.38 bits per heavy atom. The summed E-state index contributed by atoms with van der Waals surface area (Å²) >= 11 is 0.